The van der Waals surface area contributed by atoms with Crippen LogP contribution in [0.5, 0.6) is 0 Å². The van der Waals surface area contributed by atoms with Crippen LogP contribution in [0.1, 0.15) is 52.4 Å². The number of rotatable bonds is 10. The third-order valence-corrected chi connectivity index (χ3v) is 3.09. The van der Waals surface area contributed by atoms with Crippen LogP contribution in [-0.2, 0) is 0 Å². The summed E-state index contributed by atoms with van der Waals surface area (Å²) in [5, 5.41) is 0. The molecule has 0 saturated carbocycles. The van der Waals surface area contributed by atoms with E-state index in [-0.39, 0.29) is 0 Å². The maximum atomic E-state index is 4.21. The van der Waals surface area contributed by atoms with Crippen LogP contribution in [0.3, 0.4) is 0 Å². The molecule has 0 aromatic carbocycles. The Bertz CT molecular complexity index is 102. The van der Waals surface area contributed by atoms with Gasteiger partial charge >= 0.3 is 0 Å². The molecule has 0 saturated heterocycles. The largest absolute Gasteiger partial charge is 0.304 e. The van der Waals surface area contributed by atoms with Gasteiger partial charge in [0, 0.05) is 0 Å². The molecule has 0 spiro atoms. The number of hydrogen-bond acceptors (Lipinski definition) is 2. The van der Waals surface area contributed by atoms with Crippen molar-refractivity contribution in [2.75, 3.05) is 25.4 Å². The molecule has 0 rings (SSSR count). The molecule has 0 N–H and O–H groups in total. The van der Waals surface area contributed by atoms with Crippen LogP contribution in [0.15, 0.2) is 0 Å². The molecule has 0 aromatic heterocycles. The van der Waals surface area contributed by atoms with Gasteiger partial charge in [-0.15, -0.1) is 0 Å². The van der Waals surface area contributed by atoms with Gasteiger partial charge in [-0.1, -0.05) is 39.5 Å². The fraction of sp³-hybridized carbons (Fsp3) is 1.00. The molecular weight excluding hydrogens is 190 g/mol. The van der Waals surface area contributed by atoms with Gasteiger partial charge in [-0.2, -0.15) is 12.6 Å². The first kappa shape index (κ1) is 14.3. The van der Waals surface area contributed by atoms with Gasteiger partial charge in [0.15, 0.2) is 0 Å². The maximum Gasteiger partial charge on any atom is -0.00190 e. The summed E-state index contributed by atoms with van der Waals surface area (Å²) in [6.45, 7) is 8.19. The van der Waals surface area contributed by atoms with Crippen LogP contribution < -0.4 is 0 Å². The molecule has 0 aliphatic carbocycles. The van der Waals surface area contributed by atoms with E-state index in [1.807, 2.05) is 0 Å². The van der Waals surface area contributed by atoms with Crippen molar-refractivity contribution in [2.24, 2.45) is 0 Å². The number of hydrogen-bond donors (Lipinski definition) is 1. The zero-order chi connectivity index (χ0) is 10.6. The van der Waals surface area contributed by atoms with Gasteiger partial charge in [0.1, 0.15) is 0 Å². The molecule has 0 heterocycles. The Balaban J connectivity index is 3.04. The Labute approximate surface area is 95.7 Å². The Morgan fingerprint density at radius 1 is 0.786 bits per heavy atom. The number of unbranched alkanes of at least 4 members (excludes halogenated alkanes) is 5. The Morgan fingerprint density at radius 2 is 1.29 bits per heavy atom. The highest BCUT2D eigenvalue weighted by molar-refractivity contribution is 7.80. The van der Waals surface area contributed by atoms with Crippen LogP contribution in [0, 0.1) is 0 Å². The van der Waals surface area contributed by atoms with Gasteiger partial charge in [0.05, 0.1) is 0 Å². The average Bonchev–Trinajstić information content (AvgIpc) is 2.22. The molecule has 0 fully saturated rings. The molecule has 0 bridgehead atoms. The molecule has 0 amide bonds. The minimum atomic E-state index is 1.06. The summed E-state index contributed by atoms with van der Waals surface area (Å²) in [6.07, 6.45) is 8.26. The molecule has 0 atom stereocenters. The molecule has 0 aliphatic rings. The first-order valence-electron chi connectivity index (χ1n) is 6.18. The molecule has 0 aliphatic heterocycles. The molecule has 2 heteroatoms. The van der Waals surface area contributed by atoms with Crippen molar-refractivity contribution in [3.8, 4) is 0 Å². The van der Waals surface area contributed by atoms with Crippen LogP contribution in [0.2, 0.25) is 0 Å². The highest BCUT2D eigenvalue weighted by Gasteiger charge is 1.97. The van der Waals surface area contributed by atoms with Crippen LogP contribution >= 0.6 is 12.6 Å². The van der Waals surface area contributed by atoms with Gasteiger partial charge in [-0.3, -0.25) is 0 Å². The first-order chi connectivity index (χ1) is 6.85. The summed E-state index contributed by atoms with van der Waals surface area (Å²) < 4.78 is 0. The summed E-state index contributed by atoms with van der Waals surface area (Å²) in [4.78, 5) is 2.51. The van der Waals surface area contributed by atoms with Crippen LogP contribution in [-0.4, -0.2) is 30.3 Å². The summed E-state index contributed by atoms with van der Waals surface area (Å²) in [5.74, 6) is 1.06. The minimum absolute atomic E-state index is 1.06. The minimum Gasteiger partial charge on any atom is -0.304 e. The van der Waals surface area contributed by atoms with E-state index in [0.29, 0.717) is 0 Å². The van der Waals surface area contributed by atoms with Gasteiger partial charge in [-0.25, -0.2) is 0 Å². The molecule has 0 unspecified atom stereocenters. The lowest BCUT2D eigenvalue weighted by atomic mass is 10.1. The van der Waals surface area contributed by atoms with E-state index < -0.39 is 0 Å². The third-order valence-electron chi connectivity index (χ3n) is 2.78. The molecule has 14 heavy (non-hydrogen) atoms. The van der Waals surface area contributed by atoms with Crippen molar-refractivity contribution in [1.29, 1.82) is 0 Å². The van der Waals surface area contributed by atoms with Crippen molar-refractivity contribution in [3.05, 3.63) is 0 Å². The SMILES string of the molecule is CCN(CC)CCCCCCCCS. The predicted molar refractivity (Wildman–Crippen MR) is 69.3 cm³/mol. The Kier molecular flexibility index (Phi) is 11.6. The third kappa shape index (κ3) is 8.89. The van der Waals surface area contributed by atoms with Crippen LogP contribution in [0.4, 0.5) is 0 Å². The molecule has 0 aromatic rings. The summed E-state index contributed by atoms with van der Waals surface area (Å²) >= 11 is 4.21. The second-order valence-electron chi connectivity index (χ2n) is 3.87. The quantitative estimate of drug-likeness (QED) is 0.432. The monoisotopic (exact) mass is 217 g/mol. The zero-order valence-corrected chi connectivity index (χ0v) is 10.9. The molecule has 1 nitrogen and oxygen atoms in total. The second kappa shape index (κ2) is 11.4. The number of nitrogens with zero attached hydrogens (tertiary/aromatic N) is 1. The molecule has 86 valence electrons. The number of thiol groups is 1. The Hall–Kier alpha value is 0.310. The lowest BCUT2D eigenvalue weighted by Gasteiger charge is -2.17. The van der Waals surface area contributed by atoms with Gasteiger partial charge in [0.2, 0.25) is 0 Å². The van der Waals surface area contributed by atoms with Crippen LogP contribution in [0.25, 0.3) is 0 Å². The Morgan fingerprint density at radius 3 is 1.79 bits per heavy atom. The van der Waals surface area contributed by atoms with Crippen molar-refractivity contribution < 1.29 is 0 Å². The van der Waals surface area contributed by atoms with Gasteiger partial charge < -0.3 is 4.90 Å². The van der Waals surface area contributed by atoms with E-state index in [2.05, 4.69) is 31.4 Å². The maximum absolute atomic E-state index is 4.21. The molecular formula is C12H27NS. The standard InChI is InChI=1S/C12H27NS/c1-3-13(4-2)11-9-7-5-6-8-10-12-14/h14H,3-12H2,1-2H3. The average molecular weight is 217 g/mol. The van der Waals surface area contributed by atoms with E-state index in [4.69, 9.17) is 0 Å². The topological polar surface area (TPSA) is 3.24 Å². The van der Waals surface area contributed by atoms with E-state index in [1.165, 1.54) is 58.2 Å². The highest BCUT2D eigenvalue weighted by atomic mass is 32.1. The van der Waals surface area contributed by atoms with Gasteiger partial charge in [0.25, 0.3) is 0 Å². The first-order valence-corrected chi connectivity index (χ1v) is 6.81. The lowest BCUT2D eigenvalue weighted by Crippen LogP contribution is -2.23. The fourth-order valence-corrected chi connectivity index (χ4v) is 1.92. The predicted octanol–water partition coefficient (Wildman–Crippen LogP) is 3.60. The van der Waals surface area contributed by atoms with Gasteiger partial charge in [-0.05, 0) is 38.2 Å². The van der Waals surface area contributed by atoms with Crippen molar-refractivity contribution in [3.63, 3.8) is 0 Å². The fourth-order valence-electron chi connectivity index (χ4n) is 1.69. The van der Waals surface area contributed by atoms with Crippen molar-refractivity contribution in [2.45, 2.75) is 52.4 Å². The normalized spacial score (nSPS) is 11.1. The summed E-state index contributed by atoms with van der Waals surface area (Å²) in [5.41, 5.74) is 0. The van der Waals surface area contributed by atoms with E-state index >= 15 is 0 Å². The second-order valence-corrected chi connectivity index (χ2v) is 4.32. The zero-order valence-electron chi connectivity index (χ0n) is 9.97. The lowest BCUT2D eigenvalue weighted by molar-refractivity contribution is 0.295. The summed E-state index contributed by atoms with van der Waals surface area (Å²) in [7, 11) is 0. The van der Waals surface area contributed by atoms with Crippen molar-refractivity contribution in [1.82, 2.24) is 4.90 Å². The smallest absolute Gasteiger partial charge is 0.00190 e. The van der Waals surface area contributed by atoms with Crippen molar-refractivity contribution >= 4 is 12.6 Å². The van der Waals surface area contributed by atoms with E-state index in [9.17, 15) is 0 Å². The molecule has 0 radical (unpaired) electrons. The summed E-state index contributed by atoms with van der Waals surface area (Å²) in [6, 6.07) is 0. The highest BCUT2D eigenvalue weighted by Crippen LogP contribution is 2.06. The van der Waals surface area contributed by atoms with E-state index in [0.717, 1.165) is 5.75 Å². The van der Waals surface area contributed by atoms with E-state index in [1.54, 1.807) is 0 Å².